The highest BCUT2D eigenvalue weighted by molar-refractivity contribution is 9.11. The maximum absolute atomic E-state index is 11.2. The minimum absolute atomic E-state index is 0.0337. The Hall–Kier alpha value is -2.15. The van der Waals surface area contributed by atoms with Crippen LogP contribution in [0.2, 0.25) is 0 Å². The van der Waals surface area contributed by atoms with Crippen LogP contribution in [0, 0.1) is 13.8 Å². The van der Waals surface area contributed by atoms with E-state index in [9.17, 15) is 9.90 Å². The van der Waals surface area contributed by atoms with E-state index < -0.39 is 5.97 Å². The molecule has 0 aliphatic rings. The molecule has 0 aliphatic heterocycles. The Morgan fingerprint density at radius 3 is 2.29 bits per heavy atom. The van der Waals surface area contributed by atoms with Gasteiger partial charge in [-0.25, -0.2) is 0 Å². The first kappa shape index (κ1) is 27.4. The average Bonchev–Trinajstić information content (AvgIpc) is 2.77. The highest BCUT2D eigenvalue weighted by atomic mass is 79.9. The molecule has 35 heavy (non-hydrogen) atoms. The van der Waals surface area contributed by atoms with Gasteiger partial charge in [-0.2, -0.15) is 0 Å². The largest absolute Gasteiger partial charge is 0.481 e. The molecule has 0 spiro atoms. The molecule has 0 amide bonds. The number of aliphatic carboxylic acids is 1. The number of carboxylic acids is 1. The number of hydrogen-bond acceptors (Lipinski definition) is 3. The molecule has 2 N–H and O–H groups in total. The van der Waals surface area contributed by atoms with E-state index in [2.05, 4.69) is 108 Å². The van der Waals surface area contributed by atoms with Crippen molar-refractivity contribution >= 4 is 37.8 Å². The number of aryl methyl sites for hydroxylation is 2. The molecular weight excluding hydrogens is 570 g/mol. The van der Waals surface area contributed by atoms with Crippen molar-refractivity contribution in [2.45, 2.75) is 59.4 Å². The lowest BCUT2D eigenvalue weighted by atomic mass is 9.90. The smallest absolute Gasteiger partial charge is 0.307 e. The third kappa shape index (κ3) is 6.96. The molecule has 0 heterocycles. The normalized spacial score (nSPS) is 12.1. The Kier molecular flexibility index (Phi) is 9.56. The Labute approximate surface area is 225 Å². The van der Waals surface area contributed by atoms with Gasteiger partial charge in [-0.05, 0) is 105 Å². The lowest BCUT2D eigenvalue weighted by Gasteiger charge is -2.25. The van der Waals surface area contributed by atoms with Gasteiger partial charge in [0.2, 0.25) is 0 Å². The van der Waals surface area contributed by atoms with Crippen LogP contribution in [0.15, 0.2) is 57.5 Å². The van der Waals surface area contributed by atoms with Crippen molar-refractivity contribution < 1.29 is 14.6 Å². The zero-order valence-corrected chi connectivity index (χ0v) is 24.1. The molecule has 186 valence electrons. The van der Waals surface area contributed by atoms with Crippen molar-refractivity contribution in [1.29, 1.82) is 0 Å². The Bertz CT molecular complexity index is 1180. The number of halogens is 2. The average molecular weight is 603 g/mol. The number of benzene rings is 3. The molecule has 0 saturated heterocycles. The predicted octanol–water partition coefficient (Wildman–Crippen LogP) is 8.46. The van der Waals surface area contributed by atoms with E-state index in [-0.39, 0.29) is 12.5 Å². The summed E-state index contributed by atoms with van der Waals surface area (Å²) in [6, 6.07) is 16.5. The Balaban J connectivity index is 2.16. The molecule has 1 atom stereocenters. The lowest BCUT2D eigenvalue weighted by molar-refractivity contribution is -0.136. The van der Waals surface area contributed by atoms with Gasteiger partial charge in [0.1, 0.15) is 5.75 Å². The van der Waals surface area contributed by atoms with Crippen LogP contribution in [-0.2, 0) is 11.2 Å². The maximum Gasteiger partial charge on any atom is 0.307 e. The molecule has 0 aromatic heterocycles. The summed E-state index contributed by atoms with van der Waals surface area (Å²) >= 11 is 7.20. The van der Waals surface area contributed by atoms with Crippen LogP contribution in [0.25, 0.3) is 0 Å². The van der Waals surface area contributed by atoms with Gasteiger partial charge in [-0.3, -0.25) is 4.79 Å². The summed E-state index contributed by atoms with van der Waals surface area (Å²) in [4.78, 5) is 11.2. The van der Waals surface area contributed by atoms with Crippen molar-refractivity contribution in [3.63, 3.8) is 0 Å². The SMILES string of the molecule is CCCNC(c1cccc(C)c1)c1cc(C)c(C(C)C)cc1Oc1c(Br)cc(CC(=O)O)cc1Br. The summed E-state index contributed by atoms with van der Waals surface area (Å²) in [5.74, 6) is 0.874. The first-order valence-corrected chi connectivity index (χ1v) is 13.5. The Morgan fingerprint density at radius 2 is 1.71 bits per heavy atom. The van der Waals surface area contributed by atoms with Gasteiger partial charge in [-0.15, -0.1) is 0 Å². The van der Waals surface area contributed by atoms with Crippen molar-refractivity contribution in [3.05, 3.63) is 90.9 Å². The van der Waals surface area contributed by atoms with E-state index in [1.165, 1.54) is 22.3 Å². The minimum Gasteiger partial charge on any atom is -0.481 e. The summed E-state index contributed by atoms with van der Waals surface area (Å²) in [5, 5.41) is 12.9. The molecule has 0 aliphatic carbocycles. The van der Waals surface area contributed by atoms with E-state index in [0.717, 1.165) is 24.3 Å². The van der Waals surface area contributed by atoms with Gasteiger partial charge >= 0.3 is 5.97 Å². The number of rotatable bonds is 10. The molecule has 3 aromatic rings. The highest BCUT2D eigenvalue weighted by Gasteiger charge is 2.23. The maximum atomic E-state index is 11.2. The van der Waals surface area contributed by atoms with E-state index in [1.54, 1.807) is 12.1 Å². The monoisotopic (exact) mass is 601 g/mol. The number of ether oxygens (including phenoxy) is 1. The van der Waals surface area contributed by atoms with Crippen LogP contribution < -0.4 is 10.1 Å². The van der Waals surface area contributed by atoms with E-state index in [1.807, 2.05) is 0 Å². The minimum atomic E-state index is -0.872. The Morgan fingerprint density at radius 1 is 1.03 bits per heavy atom. The van der Waals surface area contributed by atoms with E-state index in [0.29, 0.717) is 26.2 Å². The standard InChI is InChI=1S/C29H33Br2NO3/c1-6-10-32-28(21-9-7-8-18(4)11-21)23-12-19(5)22(17(2)3)16-26(23)35-29-24(30)13-20(14-25(29)31)15-27(33)34/h7-9,11-14,16-17,28,32H,6,10,15H2,1-5H3,(H,33,34). The van der Waals surface area contributed by atoms with Gasteiger partial charge < -0.3 is 15.2 Å². The molecule has 3 aromatic carbocycles. The van der Waals surface area contributed by atoms with Gasteiger partial charge in [-0.1, -0.05) is 56.7 Å². The molecule has 3 rings (SSSR count). The lowest BCUT2D eigenvalue weighted by Crippen LogP contribution is -2.24. The van der Waals surface area contributed by atoms with Gasteiger partial charge in [0.05, 0.1) is 21.4 Å². The predicted molar refractivity (Wildman–Crippen MR) is 150 cm³/mol. The zero-order chi connectivity index (χ0) is 25.7. The molecule has 0 fully saturated rings. The van der Waals surface area contributed by atoms with Crippen LogP contribution in [-0.4, -0.2) is 17.6 Å². The zero-order valence-electron chi connectivity index (χ0n) is 20.9. The number of hydrogen-bond donors (Lipinski definition) is 2. The molecule has 1 unspecified atom stereocenters. The number of carbonyl (C=O) groups is 1. The fourth-order valence-electron chi connectivity index (χ4n) is 4.30. The summed E-state index contributed by atoms with van der Waals surface area (Å²) in [6.07, 6.45) is 0.963. The third-order valence-electron chi connectivity index (χ3n) is 5.93. The van der Waals surface area contributed by atoms with Crippen molar-refractivity contribution in [1.82, 2.24) is 5.32 Å². The molecular formula is C29H33Br2NO3. The van der Waals surface area contributed by atoms with Crippen molar-refractivity contribution in [2.24, 2.45) is 0 Å². The number of carboxylic acid groups (broad SMARTS) is 1. The quantitative estimate of drug-likeness (QED) is 0.244. The topological polar surface area (TPSA) is 58.6 Å². The summed E-state index contributed by atoms with van der Waals surface area (Å²) in [7, 11) is 0. The van der Waals surface area contributed by atoms with Crippen LogP contribution in [0.4, 0.5) is 0 Å². The summed E-state index contributed by atoms with van der Waals surface area (Å²) < 4.78 is 8.01. The van der Waals surface area contributed by atoms with Crippen LogP contribution in [0.3, 0.4) is 0 Å². The van der Waals surface area contributed by atoms with Crippen LogP contribution in [0.1, 0.15) is 72.5 Å². The van der Waals surface area contributed by atoms with Crippen LogP contribution in [0.5, 0.6) is 11.5 Å². The second-order valence-electron chi connectivity index (χ2n) is 9.26. The van der Waals surface area contributed by atoms with Crippen molar-refractivity contribution in [2.75, 3.05) is 6.54 Å². The van der Waals surface area contributed by atoms with Gasteiger partial charge in [0.15, 0.2) is 5.75 Å². The molecule has 0 radical (unpaired) electrons. The second kappa shape index (κ2) is 12.2. The number of nitrogens with one attached hydrogen (secondary N) is 1. The van der Waals surface area contributed by atoms with Crippen molar-refractivity contribution in [3.8, 4) is 11.5 Å². The van der Waals surface area contributed by atoms with Crippen LogP contribution >= 0.6 is 31.9 Å². The second-order valence-corrected chi connectivity index (χ2v) is 11.0. The molecule has 0 saturated carbocycles. The van der Waals surface area contributed by atoms with E-state index >= 15 is 0 Å². The van der Waals surface area contributed by atoms with E-state index in [4.69, 9.17) is 4.74 Å². The van der Waals surface area contributed by atoms with Gasteiger partial charge in [0, 0.05) is 5.56 Å². The summed E-state index contributed by atoms with van der Waals surface area (Å²) in [5.41, 5.74) is 6.63. The fraction of sp³-hybridized carbons (Fsp3) is 0.345. The first-order valence-electron chi connectivity index (χ1n) is 11.9. The third-order valence-corrected chi connectivity index (χ3v) is 7.11. The molecule has 0 bridgehead atoms. The van der Waals surface area contributed by atoms with Gasteiger partial charge in [0.25, 0.3) is 0 Å². The fourth-order valence-corrected chi connectivity index (χ4v) is 5.75. The molecule has 6 heteroatoms. The highest BCUT2D eigenvalue weighted by Crippen LogP contribution is 2.42. The first-order chi connectivity index (χ1) is 16.6. The summed E-state index contributed by atoms with van der Waals surface area (Å²) in [6.45, 7) is 11.7. The molecule has 4 nitrogen and oxygen atoms in total.